The summed E-state index contributed by atoms with van der Waals surface area (Å²) in [4.78, 5) is 0. The third kappa shape index (κ3) is 4.93. The molecule has 0 rings (SSSR count). The molecule has 0 saturated heterocycles. The first kappa shape index (κ1) is 26.1. The number of hydrogen-bond acceptors (Lipinski definition) is 2. The third-order valence-corrected chi connectivity index (χ3v) is 3.39. The van der Waals surface area contributed by atoms with Gasteiger partial charge < -0.3 is 9.47 Å². The lowest BCUT2D eigenvalue weighted by molar-refractivity contribution is -0.424. The fourth-order valence-electron chi connectivity index (χ4n) is 1.54. The molecule has 2 nitrogen and oxygen atoms in total. The van der Waals surface area contributed by atoms with Crippen LogP contribution in [0.15, 0.2) is 0 Å². The average Bonchev–Trinajstić information content (AvgIpc) is 2.51. The Morgan fingerprint density at radius 2 is 0.963 bits per heavy atom. The molecule has 0 aliphatic heterocycles. The molecule has 0 N–H and O–H groups in total. The van der Waals surface area contributed by atoms with E-state index in [4.69, 9.17) is 0 Å². The molecule has 0 aliphatic rings. The summed E-state index contributed by atoms with van der Waals surface area (Å²) in [5.41, 5.74) is 0. The van der Waals surface area contributed by atoms with Crippen LogP contribution in [0.3, 0.4) is 0 Å². The van der Waals surface area contributed by atoms with Crippen LogP contribution in [-0.2, 0) is 9.47 Å². The van der Waals surface area contributed by atoms with Crippen LogP contribution in [0.2, 0.25) is 0 Å². The van der Waals surface area contributed by atoms with Gasteiger partial charge in [0.15, 0.2) is 0 Å². The van der Waals surface area contributed by atoms with Gasteiger partial charge >= 0.3 is 35.9 Å². The molecule has 0 amide bonds. The van der Waals surface area contributed by atoms with Crippen molar-refractivity contribution in [1.82, 2.24) is 0 Å². The lowest BCUT2D eigenvalue weighted by atomic mass is 10.1. The smallest absolute Gasteiger partial charge is 0.313 e. The van der Waals surface area contributed by atoms with Crippen molar-refractivity contribution in [2.75, 3.05) is 6.61 Å². The van der Waals surface area contributed by atoms with E-state index in [1.54, 1.807) is 0 Å². The van der Waals surface area contributed by atoms with Gasteiger partial charge in [0.1, 0.15) is 0 Å². The predicted molar refractivity (Wildman–Crippen MR) is 66.8 cm³/mol. The molecule has 0 radical (unpaired) electrons. The van der Waals surface area contributed by atoms with Gasteiger partial charge in [-0.15, -0.1) is 0 Å². The van der Waals surface area contributed by atoms with Gasteiger partial charge in [-0.25, -0.2) is 0 Å². The molecule has 0 saturated carbocycles. The summed E-state index contributed by atoms with van der Waals surface area (Å²) >= 11 is 0. The molecule has 0 aromatic heterocycles. The van der Waals surface area contributed by atoms with Crippen LogP contribution in [-0.4, -0.2) is 48.6 Å². The average molecular weight is 432 g/mol. The highest BCUT2D eigenvalue weighted by molar-refractivity contribution is 4.92. The number of alkyl halides is 12. The van der Waals surface area contributed by atoms with Crippen molar-refractivity contribution in [2.24, 2.45) is 0 Å². The van der Waals surface area contributed by atoms with Crippen molar-refractivity contribution in [1.29, 1.82) is 0 Å². The maximum absolute atomic E-state index is 13.3. The first-order chi connectivity index (χ1) is 11.7. The van der Waals surface area contributed by atoms with Gasteiger partial charge in [-0.1, -0.05) is 13.8 Å². The van der Waals surface area contributed by atoms with E-state index in [2.05, 4.69) is 9.47 Å². The number of ether oxygens (including phenoxy) is 2. The molecule has 0 aromatic rings. The van der Waals surface area contributed by atoms with Crippen LogP contribution in [0, 0.1) is 0 Å². The van der Waals surface area contributed by atoms with Gasteiger partial charge in [0.25, 0.3) is 0 Å². The Labute approximate surface area is 145 Å². The van der Waals surface area contributed by atoms with E-state index in [1.165, 1.54) is 0 Å². The van der Waals surface area contributed by atoms with Crippen molar-refractivity contribution < 1.29 is 62.2 Å². The van der Waals surface area contributed by atoms with Crippen LogP contribution in [0.25, 0.3) is 0 Å². The van der Waals surface area contributed by atoms with Gasteiger partial charge in [0.05, 0.1) is 12.7 Å². The van der Waals surface area contributed by atoms with Gasteiger partial charge in [-0.3, -0.25) is 0 Å². The molecule has 0 heterocycles. The molecule has 1 atom stereocenters. The SMILES string of the molecule is CCC(F)(F)C(F)(F)C(F)(F)OCC(C)OC(F)(F)C(F)(F)C(F)(F)CC. The van der Waals surface area contributed by atoms with Crippen molar-refractivity contribution in [3.05, 3.63) is 0 Å². The molecular formula is C13H16F12O2. The Kier molecular flexibility index (Phi) is 7.57. The maximum Gasteiger partial charge on any atom is 0.426 e. The Bertz CT molecular complexity index is 492. The zero-order chi connectivity index (χ0) is 22.1. The lowest BCUT2D eigenvalue weighted by Crippen LogP contribution is -2.57. The highest BCUT2D eigenvalue weighted by atomic mass is 19.4. The fourth-order valence-corrected chi connectivity index (χ4v) is 1.54. The standard InChI is InChI=1S/C13H16F12O2/c1-4-8(14,15)10(18,19)12(22,23)26-6-7(3)27-13(24,25)11(20,21)9(16,17)5-2/h7H,4-6H2,1-3H3. The molecule has 27 heavy (non-hydrogen) atoms. The summed E-state index contributed by atoms with van der Waals surface area (Å²) in [6, 6.07) is 0. The number of halogens is 12. The summed E-state index contributed by atoms with van der Waals surface area (Å²) in [5, 5.41) is 0. The maximum atomic E-state index is 13.3. The molecule has 1 unspecified atom stereocenters. The summed E-state index contributed by atoms with van der Waals surface area (Å²) in [6.45, 7) is -0.786. The van der Waals surface area contributed by atoms with Gasteiger partial charge in [-0.2, -0.15) is 52.7 Å². The van der Waals surface area contributed by atoms with E-state index in [0.717, 1.165) is 0 Å². The van der Waals surface area contributed by atoms with E-state index >= 15 is 0 Å². The summed E-state index contributed by atoms with van der Waals surface area (Å²) in [6.07, 6.45) is -17.8. The van der Waals surface area contributed by atoms with Crippen LogP contribution in [0.1, 0.15) is 33.6 Å². The minimum Gasteiger partial charge on any atom is -0.313 e. The number of hydrogen-bond donors (Lipinski definition) is 0. The second-order valence-corrected chi connectivity index (χ2v) is 5.54. The molecule has 0 aliphatic carbocycles. The monoisotopic (exact) mass is 432 g/mol. The second-order valence-electron chi connectivity index (χ2n) is 5.54. The van der Waals surface area contributed by atoms with Crippen LogP contribution in [0.5, 0.6) is 0 Å². The zero-order valence-electron chi connectivity index (χ0n) is 14.1. The Morgan fingerprint density at radius 3 is 1.30 bits per heavy atom. The lowest BCUT2D eigenvalue weighted by Gasteiger charge is -2.34. The molecule has 0 aromatic carbocycles. The normalized spacial score (nSPS) is 16.6. The van der Waals surface area contributed by atoms with Gasteiger partial charge in [0.2, 0.25) is 0 Å². The van der Waals surface area contributed by atoms with Crippen molar-refractivity contribution in [2.45, 2.75) is 75.6 Å². The van der Waals surface area contributed by atoms with E-state index in [9.17, 15) is 52.7 Å². The molecule has 14 heteroatoms. The van der Waals surface area contributed by atoms with E-state index in [1.807, 2.05) is 0 Å². The van der Waals surface area contributed by atoms with E-state index in [0.29, 0.717) is 20.8 Å². The predicted octanol–water partition coefficient (Wildman–Crippen LogP) is 5.95. The van der Waals surface area contributed by atoms with E-state index in [-0.39, 0.29) is 0 Å². The van der Waals surface area contributed by atoms with Crippen molar-refractivity contribution in [3.8, 4) is 0 Å². The largest absolute Gasteiger partial charge is 0.426 e. The molecule has 0 spiro atoms. The Hall–Kier alpha value is -0.920. The van der Waals surface area contributed by atoms with Gasteiger partial charge in [0, 0.05) is 12.8 Å². The van der Waals surface area contributed by atoms with Crippen LogP contribution < -0.4 is 0 Å². The Morgan fingerprint density at radius 1 is 0.630 bits per heavy atom. The fraction of sp³-hybridized carbons (Fsp3) is 1.00. The second kappa shape index (κ2) is 7.84. The third-order valence-electron chi connectivity index (χ3n) is 3.39. The molecule has 164 valence electrons. The first-order valence-electron chi connectivity index (χ1n) is 7.31. The number of rotatable bonds is 11. The summed E-state index contributed by atoms with van der Waals surface area (Å²) in [5.74, 6) is -22.7. The molecule has 0 fully saturated rings. The van der Waals surface area contributed by atoms with E-state index < -0.39 is 61.5 Å². The van der Waals surface area contributed by atoms with Crippen molar-refractivity contribution in [3.63, 3.8) is 0 Å². The van der Waals surface area contributed by atoms with Crippen molar-refractivity contribution >= 4 is 0 Å². The van der Waals surface area contributed by atoms with Crippen LogP contribution >= 0.6 is 0 Å². The minimum absolute atomic E-state index is 0.320. The highest BCUT2D eigenvalue weighted by Crippen LogP contribution is 2.49. The molecule has 0 bridgehead atoms. The topological polar surface area (TPSA) is 18.5 Å². The zero-order valence-corrected chi connectivity index (χ0v) is 14.1. The highest BCUT2D eigenvalue weighted by Gasteiger charge is 2.73. The minimum atomic E-state index is -6.08. The summed E-state index contributed by atoms with van der Waals surface area (Å²) < 4.78 is 164. The summed E-state index contributed by atoms with van der Waals surface area (Å²) in [7, 11) is 0. The Balaban J connectivity index is 5.20. The quantitative estimate of drug-likeness (QED) is 0.376. The van der Waals surface area contributed by atoms with Crippen LogP contribution in [0.4, 0.5) is 52.7 Å². The van der Waals surface area contributed by atoms with Gasteiger partial charge in [-0.05, 0) is 6.92 Å². The first-order valence-corrected chi connectivity index (χ1v) is 7.31. The molecular weight excluding hydrogens is 416 g/mol.